The molecule has 1 N–H and O–H groups in total. The second-order valence-corrected chi connectivity index (χ2v) is 3.53. The molecular formula is C14H9FN2O. The molecule has 1 aromatic carbocycles. The van der Waals surface area contributed by atoms with E-state index in [1.54, 1.807) is 24.3 Å². The third-order valence-electron chi connectivity index (χ3n) is 2.30. The average Bonchev–Trinajstić information content (AvgIpc) is 2.39. The van der Waals surface area contributed by atoms with Gasteiger partial charge in [-0.3, -0.25) is 9.78 Å². The summed E-state index contributed by atoms with van der Waals surface area (Å²) in [6.07, 6.45) is 7.60. The molecule has 0 saturated carbocycles. The molecule has 0 atom stereocenters. The summed E-state index contributed by atoms with van der Waals surface area (Å²) >= 11 is 0. The van der Waals surface area contributed by atoms with Crippen LogP contribution in [-0.4, -0.2) is 10.9 Å². The highest BCUT2D eigenvalue weighted by Crippen LogP contribution is 2.12. The molecule has 0 aliphatic rings. The van der Waals surface area contributed by atoms with Gasteiger partial charge in [0.05, 0.1) is 11.8 Å². The first-order chi connectivity index (χ1) is 8.70. The van der Waals surface area contributed by atoms with E-state index in [1.807, 2.05) is 0 Å². The number of hydrogen-bond acceptors (Lipinski definition) is 2. The zero-order valence-corrected chi connectivity index (χ0v) is 9.35. The third-order valence-corrected chi connectivity index (χ3v) is 2.30. The minimum Gasteiger partial charge on any atom is -0.322 e. The fraction of sp³-hybridized carbons (Fsp3) is 0. The number of benzene rings is 1. The highest BCUT2D eigenvalue weighted by Gasteiger charge is 2.11. The molecule has 0 spiro atoms. The van der Waals surface area contributed by atoms with Crippen molar-refractivity contribution in [3.05, 3.63) is 59.7 Å². The molecule has 1 heterocycles. The van der Waals surface area contributed by atoms with E-state index in [9.17, 15) is 9.18 Å². The highest BCUT2D eigenvalue weighted by atomic mass is 19.1. The Hall–Kier alpha value is -2.67. The van der Waals surface area contributed by atoms with Gasteiger partial charge in [0, 0.05) is 17.4 Å². The number of anilines is 1. The predicted octanol–water partition coefficient (Wildman–Crippen LogP) is 2.45. The van der Waals surface area contributed by atoms with Gasteiger partial charge in [-0.05, 0) is 24.3 Å². The number of amides is 1. The monoisotopic (exact) mass is 240 g/mol. The first-order valence-electron chi connectivity index (χ1n) is 5.18. The summed E-state index contributed by atoms with van der Waals surface area (Å²) in [6.45, 7) is 0. The molecule has 0 radical (unpaired) electrons. The number of hydrogen-bond donors (Lipinski definition) is 1. The van der Waals surface area contributed by atoms with Crippen LogP contribution in [0.2, 0.25) is 0 Å². The topological polar surface area (TPSA) is 42.0 Å². The number of halogens is 1. The van der Waals surface area contributed by atoms with E-state index in [4.69, 9.17) is 6.42 Å². The zero-order valence-electron chi connectivity index (χ0n) is 9.35. The Morgan fingerprint density at radius 3 is 2.94 bits per heavy atom. The van der Waals surface area contributed by atoms with Gasteiger partial charge >= 0.3 is 0 Å². The Balaban J connectivity index is 2.22. The third kappa shape index (κ3) is 2.53. The van der Waals surface area contributed by atoms with Crippen LogP contribution in [0.1, 0.15) is 15.9 Å². The van der Waals surface area contributed by atoms with Crippen LogP contribution in [0.5, 0.6) is 0 Å². The van der Waals surface area contributed by atoms with Crippen molar-refractivity contribution < 1.29 is 9.18 Å². The molecule has 0 fully saturated rings. The van der Waals surface area contributed by atoms with Crippen molar-refractivity contribution in [1.82, 2.24) is 4.98 Å². The number of terminal acetylenes is 1. The van der Waals surface area contributed by atoms with E-state index in [1.165, 1.54) is 12.3 Å². The standard InChI is InChI=1S/C14H9FN2O/c1-2-10-4-3-5-11(8-10)17-14(18)12-6-7-16-9-13(12)15/h1,3-9H,(H,17,18). The van der Waals surface area contributed by atoms with Crippen molar-refractivity contribution in [2.45, 2.75) is 0 Å². The van der Waals surface area contributed by atoms with Crippen LogP contribution in [0, 0.1) is 18.2 Å². The lowest BCUT2D eigenvalue weighted by Crippen LogP contribution is -2.13. The second-order valence-electron chi connectivity index (χ2n) is 3.53. The molecule has 1 aromatic heterocycles. The molecule has 1 amide bonds. The maximum absolute atomic E-state index is 13.3. The number of nitrogens with zero attached hydrogens (tertiary/aromatic N) is 1. The molecular weight excluding hydrogens is 231 g/mol. The van der Waals surface area contributed by atoms with Crippen molar-refractivity contribution in [3.8, 4) is 12.3 Å². The van der Waals surface area contributed by atoms with E-state index in [0.29, 0.717) is 11.3 Å². The first-order valence-corrected chi connectivity index (χ1v) is 5.18. The van der Waals surface area contributed by atoms with Crippen LogP contribution in [0.15, 0.2) is 42.7 Å². The largest absolute Gasteiger partial charge is 0.322 e. The molecule has 0 bridgehead atoms. The molecule has 0 aliphatic heterocycles. The van der Waals surface area contributed by atoms with E-state index in [2.05, 4.69) is 16.2 Å². The Kier molecular flexibility index (Phi) is 3.35. The average molecular weight is 240 g/mol. The fourth-order valence-corrected chi connectivity index (χ4v) is 1.44. The molecule has 3 nitrogen and oxygen atoms in total. The van der Waals surface area contributed by atoms with Crippen molar-refractivity contribution >= 4 is 11.6 Å². The van der Waals surface area contributed by atoms with Gasteiger partial charge in [-0.25, -0.2) is 4.39 Å². The number of aromatic nitrogens is 1. The summed E-state index contributed by atoms with van der Waals surface area (Å²) in [7, 11) is 0. The van der Waals surface area contributed by atoms with Gasteiger partial charge in [0.1, 0.15) is 0 Å². The lowest BCUT2D eigenvalue weighted by molar-refractivity contribution is 0.102. The summed E-state index contributed by atoms with van der Waals surface area (Å²) in [5.74, 6) is 1.25. The van der Waals surface area contributed by atoms with Gasteiger partial charge in [-0.2, -0.15) is 0 Å². The molecule has 0 saturated heterocycles. The number of carbonyl (C=O) groups excluding carboxylic acids is 1. The molecule has 4 heteroatoms. The maximum atomic E-state index is 13.3. The summed E-state index contributed by atoms with van der Waals surface area (Å²) in [5, 5.41) is 2.57. The van der Waals surface area contributed by atoms with Gasteiger partial charge in [-0.15, -0.1) is 6.42 Å². The van der Waals surface area contributed by atoms with E-state index in [-0.39, 0.29) is 5.56 Å². The van der Waals surface area contributed by atoms with Gasteiger partial charge in [0.15, 0.2) is 5.82 Å². The molecule has 2 rings (SSSR count). The maximum Gasteiger partial charge on any atom is 0.258 e. The number of rotatable bonds is 2. The van der Waals surface area contributed by atoms with Crippen molar-refractivity contribution in [3.63, 3.8) is 0 Å². The van der Waals surface area contributed by atoms with Gasteiger partial charge in [0.2, 0.25) is 0 Å². The van der Waals surface area contributed by atoms with Crippen LogP contribution < -0.4 is 5.32 Å². The van der Waals surface area contributed by atoms with Gasteiger partial charge in [0.25, 0.3) is 5.91 Å². The summed E-state index contributed by atoms with van der Waals surface area (Å²) in [4.78, 5) is 15.4. The first kappa shape index (κ1) is 11.8. The highest BCUT2D eigenvalue weighted by molar-refractivity contribution is 6.04. The minimum absolute atomic E-state index is 0.0592. The minimum atomic E-state index is -0.664. The molecule has 2 aromatic rings. The Morgan fingerprint density at radius 2 is 2.22 bits per heavy atom. The normalized spacial score (nSPS) is 9.56. The number of carbonyl (C=O) groups is 1. The van der Waals surface area contributed by atoms with E-state index < -0.39 is 11.7 Å². The predicted molar refractivity (Wildman–Crippen MR) is 66.5 cm³/mol. The van der Waals surface area contributed by atoms with Crippen LogP contribution >= 0.6 is 0 Å². The van der Waals surface area contributed by atoms with Crippen LogP contribution in [-0.2, 0) is 0 Å². The van der Waals surface area contributed by atoms with Crippen LogP contribution in [0.4, 0.5) is 10.1 Å². The van der Waals surface area contributed by atoms with Crippen molar-refractivity contribution in [2.75, 3.05) is 5.32 Å². The Morgan fingerprint density at radius 1 is 1.39 bits per heavy atom. The smallest absolute Gasteiger partial charge is 0.258 e. The Bertz CT molecular complexity index is 632. The van der Waals surface area contributed by atoms with Crippen LogP contribution in [0.3, 0.4) is 0 Å². The summed E-state index contributed by atoms with van der Waals surface area (Å²) < 4.78 is 13.3. The quantitative estimate of drug-likeness (QED) is 0.819. The van der Waals surface area contributed by atoms with E-state index in [0.717, 1.165) is 6.20 Å². The zero-order chi connectivity index (χ0) is 13.0. The Labute approximate surface area is 104 Å². The SMILES string of the molecule is C#Cc1cccc(NC(=O)c2ccncc2F)c1. The fourth-order valence-electron chi connectivity index (χ4n) is 1.44. The lowest BCUT2D eigenvalue weighted by atomic mass is 10.2. The molecule has 0 aliphatic carbocycles. The van der Waals surface area contributed by atoms with Crippen molar-refractivity contribution in [2.24, 2.45) is 0 Å². The van der Waals surface area contributed by atoms with Crippen molar-refractivity contribution in [1.29, 1.82) is 0 Å². The molecule has 18 heavy (non-hydrogen) atoms. The van der Waals surface area contributed by atoms with E-state index >= 15 is 0 Å². The number of pyridine rings is 1. The van der Waals surface area contributed by atoms with Crippen LogP contribution in [0.25, 0.3) is 0 Å². The second kappa shape index (κ2) is 5.11. The van der Waals surface area contributed by atoms with Gasteiger partial charge in [-0.1, -0.05) is 12.0 Å². The molecule has 88 valence electrons. The molecule has 0 unspecified atom stereocenters. The number of nitrogens with one attached hydrogen (secondary N) is 1. The van der Waals surface area contributed by atoms with Gasteiger partial charge < -0.3 is 5.32 Å². The summed E-state index contributed by atoms with van der Waals surface area (Å²) in [5.41, 5.74) is 1.10. The lowest BCUT2D eigenvalue weighted by Gasteiger charge is -2.06. The summed E-state index contributed by atoms with van der Waals surface area (Å²) in [6, 6.07) is 8.08.